The molecule has 1 aromatic heterocycles. The van der Waals surface area contributed by atoms with Gasteiger partial charge in [0.05, 0.1) is 12.2 Å². The molecule has 2 amide bonds. The molecule has 0 bridgehead atoms. The molecule has 1 aliphatic carbocycles. The Hall–Kier alpha value is -3.72. The van der Waals surface area contributed by atoms with Gasteiger partial charge < -0.3 is 20.1 Å². The van der Waals surface area contributed by atoms with Crippen LogP contribution in [-0.4, -0.2) is 52.2 Å². The predicted molar refractivity (Wildman–Crippen MR) is 130 cm³/mol. The zero-order chi connectivity index (χ0) is 24.5. The molecule has 2 aromatic carbocycles. The number of hydrogen-bond donors (Lipinski definition) is 2. The highest BCUT2D eigenvalue weighted by atomic mass is 32.1. The summed E-state index contributed by atoms with van der Waals surface area (Å²) in [4.78, 5) is 43.0. The largest absolute Gasteiger partial charge is 0.480 e. The van der Waals surface area contributed by atoms with Gasteiger partial charge in [0.1, 0.15) is 22.5 Å². The quantitative estimate of drug-likeness (QED) is 0.536. The van der Waals surface area contributed by atoms with Crippen molar-refractivity contribution in [2.45, 2.75) is 38.3 Å². The minimum Gasteiger partial charge on any atom is -0.480 e. The lowest BCUT2D eigenvalue weighted by molar-refractivity contribution is -0.141. The summed E-state index contributed by atoms with van der Waals surface area (Å²) in [6, 6.07) is 15.5. The average Bonchev–Trinajstić information content (AvgIpc) is 3.57. The second kappa shape index (κ2) is 9.50. The summed E-state index contributed by atoms with van der Waals surface area (Å²) in [6.07, 6.45) is 0.560. The van der Waals surface area contributed by atoms with E-state index >= 15 is 0 Å². The van der Waals surface area contributed by atoms with Crippen molar-refractivity contribution in [1.29, 1.82) is 0 Å². The van der Waals surface area contributed by atoms with Crippen molar-refractivity contribution >= 4 is 29.3 Å². The molecule has 2 heterocycles. The second-order valence-electron chi connectivity index (χ2n) is 8.70. The SMILES string of the molecule is Cc1nc(CNC(=O)OCC2c3ccccc3-c3ccccc32)sc1C(=O)N1CCCC1C(=O)O. The Kier molecular flexibility index (Phi) is 6.25. The number of nitrogens with one attached hydrogen (secondary N) is 1. The summed E-state index contributed by atoms with van der Waals surface area (Å²) in [5.74, 6) is -1.34. The third kappa shape index (κ3) is 4.39. The number of alkyl carbamates (subject to hydrolysis) is 1. The minimum atomic E-state index is -0.991. The van der Waals surface area contributed by atoms with Crippen LogP contribution in [-0.2, 0) is 16.1 Å². The predicted octanol–water partition coefficient (Wildman–Crippen LogP) is 4.18. The van der Waals surface area contributed by atoms with E-state index in [4.69, 9.17) is 4.74 Å². The van der Waals surface area contributed by atoms with Gasteiger partial charge in [-0.1, -0.05) is 48.5 Å². The Morgan fingerprint density at radius 2 is 1.77 bits per heavy atom. The summed E-state index contributed by atoms with van der Waals surface area (Å²) in [7, 11) is 0. The van der Waals surface area contributed by atoms with E-state index in [1.165, 1.54) is 16.2 Å². The summed E-state index contributed by atoms with van der Waals surface area (Å²) in [6.45, 7) is 2.47. The average molecular weight is 492 g/mol. The first kappa shape index (κ1) is 23.0. The first-order valence-electron chi connectivity index (χ1n) is 11.5. The number of likely N-dealkylation sites (tertiary alicyclic amines) is 1. The number of hydrogen-bond acceptors (Lipinski definition) is 6. The molecule has 1 fully saturated rings. The Morgan fingerprint density at radius 3 is 2.43 bits per heavy atom. The van der Waals surface area contributed by atoms with Gasteiger partial charge >= 0.3 is 12.1 Å². The summed E-state index contributed by atoms with van der Waals surface area (Å²) >= 11 is 1.17. The lowest BCUT2D eigenvalue weighted by Crippen LogP contribution is -2.40. The number of nitrogens with zero attached hydrogens (tertiary/aromatic N) is 2. The molecular weight excluding hydrogens is 466 g/mol. The molecule has 180 valence electrons. The third-order valence-corrected chi connectivity index (χ3v) is 7.71. The van der Waals surface area contributed by atoms with E-state index in [1.807, 2.05) is 24.3 Å². The first-order valence-corrected chi connectivity index (χ1v) is 12.3. The Morgan fingerprint density at radius 1 is 1.11 bits per heavy atom. The van der Waals surface area contributed by atoms with Crippen LogP contribution < -0.4 is 5.32 Å². The highest BCUT2D eigenvalue weighted by molar-refractivity contribution is 7.13. The zero-order valence-electron chi connectivity index (χ0n) is 19.2. The van der Waals surface area contributed by atoms with Crippen LogP contribution in [0.25, 0.3) is 11.1 Å². The van der Waals surface area contributed by atoms with Crippen LogP contribution in [0.3, 0.4) is 0 Å². The van der Waals surface area contributed by atoms with Gasteiger partial charge in [-0.25, -0.2) is 14.6 Å². The maximum Gasteiger partial charge on any atom is 0.407 e. The van der Waals surface area contributed by atoms with Gasteiger partial charge in [-0.05, 0) is 42.0 Å². The molecule has 1 aliphatic heterocycles. The number of ether oxygens (including phenoxy) is 1. The van der Waals surface area contributed by atoms with Gasteiger partial charge in [0, 0.05) is 12.5 Å². The molecule has 5 rings (SSSR count). The Balaban J connectivity index is 1.20. The van der Waals surface area contributed by atoms with Crippen molar-refractivity contribution < 1.29 is 24.2 Å². The van der Waals surface area contributed by atoms with E-state index in [9.17, 15) is 19.5 Å². The maximum atomic E-state index is 12.9. The fourth-order valence-corrected chi connectivity index (χ4v) is 5.88. The number of carboxylic acid groups (broad SMARTS) is 1. The number of fused-ring (bicyclic) bond motifs is 3. The van der Waals surface area contributed by atoms with Crippen molar-refractivity contribution in [2.24, 2.45) is 0 Å². The van der Waals surface area contributed by atoms with Crippen LogP contribution in [0.1, 0.15) is 50.3 Å². The van der Waals surface area contributed by atoms with Gasteiger partial charge in [0.25, 0.3) is 5.91 Å². The smallest absolute Gasteiger partial charge is 0.407 e. The van der Waals surface area contributed by atoms with Crippen molar-refractivity contribution in [2.75, 3.05) is 13.2 Å². The van der Waals surface area contributed by atoms with E-state index in [1.54, 1.807) is 6.92 Å². The number of rotatable bonds is 6. The number of carbonyl (C=O) groups is 3. The molecule has 2 N–H and O–H groups in total. The highest BCUT2D eigenvalue weighted by Crippen LogP contribution is 2.44. The van der Waals surface area contributed by atoms with Crippen LogP contribution in [0, 0.1) is 6.92 Å². The number of amides is 2. The van der Waals surface area contributed by atoms with Crippen molar-refractivity contribution in [1.82, 2.24) is 15.2 Å². The van der Waals surface area contributed by atoms with Crippen molar-refractivity contribution in [3.63, 3.8) is 0 Å². The lowest BCUT2D eigenvalue weighted by atomic mass is 9.98. The third-order valence-electron chi connectivity index (χ3n) is 6.56. The van der Waals surface area contributed by atoms with Gasteiger partial charge in [0.15, 0.2) is 0 Å². The number of aryl methyl sites for hydroxylation is 1. The molecule has 8 nitrogen and oxygen atoms in total. The van der Waals surface area contributed by atoms with E-state index in [0.717, 1.165) is 22.3 Å². The van der Waals surface area contributed by atoms with E-state index in [0.29, 0.717) is 35.0 Å². The number of carbonyl (C=O) groups excluding carboxylic acids is 2. The topological polar surface area (TPSA) is 109 Å². The Labute approximate surface area is 206 Å². The summed E-state index contributed by atoms with van der Waals surface area (Å²) < 4.78 is 5.55. The van der Waals surface area contributed by atoms with Crippen molar-refractivity contribution in [3.8, 4) is 11.1 Å². The minimum absolute atomic E-state index is 0.0258. The molecule has 0 radical (unpaired) electrons. The Bertz CT molecular complexity index is 1260. The maximum absolute atomic E-state index is 12.9. The monoisotopic (exact) mass is 491 g/mol. The van der Waals surface area contributed by atoms with Crippen molar-refractivity contribution in [3.05, 3.63) is 75.2 Å². The molecule has 0 spiro atoms. The lowest BCUT2D eigenvalue weighted by Gasteiger charge is -2.20. The van der Waals surface area contributed by atoms with Gasteiger partial charge in [-0.15, -0.1) is 11.3 Å². The van der Waals surface area contributed by atoms with Crippen LogP contribution in [0.4, 0.5) is 4.79 Å². The highest BCUT2D eigenvalue weighted by Gasteiger charge is 2.36. The van der Waals surface area contributed by atoms with Crippen LogP contribution in [0.5, 0.6) is 0 Å². The number of aromatic nitrogens is 1. The normalized spacial score (nSPS) is 16.6. The van der Waals surface area contributed by atoms with Crippen LogP contribution in [0.2, 0.25) is 0 Å². The van der Waals surface area contributed by atoms with Gasteiger partial charge in [-0.3, -0.25) is 4.79 Å². The molecular formula is C26H25N3O5S. The molecule has 35 heavy (non-hydrogen) atoms. The summed E-state index contributed by atoms with van der Waals surface area (Å²) in [5, 5.41) is 12.6. The fraction of sp³-hybridized carbons (Fsp3) is 0.308. The molecule has 1 atom stereocenters. The number of thiazole rings is 1. The number of aliphatic carboxylic acids is 1. The van der Waals surface area contributed by atoms with E-state index in [-0.39, 0.29) is 25.0 Å². The summed E-state index contributed by atoms with van der Waals surface area (Å²) in [5.41, 5.74) is 5.13. The standard InChI is InChI=1S/C26H25N3O5S/c1-15-23(24(30)29-12-6-11-21(29)25(31)32)35-22(28-15)13-27-26(33)34-14-20-18-9-4-2-7-16(18)17-8-3-5-10-19(17)20/h2-5,7-10,20-21H,6,11-14H2,1H3,(H,27,33)(H,31,32). The second-order valence-corrected chi connectivity index (χ2v) is 9.78. The molecule has 1 saturated heterocycles. The molecule has 9 heteroatoms. The molecule has 3 aromatic rings. The zero-order valence-corrected chi connectivity index (χ0v) is 20.0. The fourth-order valence-electron chi connectivity index (χ4n) is 4.92. The molecule has 2 aliphatic rings. The molecule has 1 unspecified atom stereocenters. The first-order chi connectivity index (χ1) is 16.9. The molecule has 0 saturated carbocycles. The van der Waals surface area contributed by atoms with E-state index < -0.39 is 18.1 Å². The van der Waals surface area contributed by atoms with Gasteiger partial charge in [0.2, 0.25) is 0 Å². The number of benzene rings is 2. The number of carboxylic acids is 1. The van der Waals surface area contributed by atoms with Crippen LogP contribution in [0.15, 0.2) is 48.5 Å². The van der Waals surface area contributed by atoms with Gasteiger partial charge in [-0.2, -0.15) is 0 Å². The van der Waals surface area contributed by atoms with E-state index in [2.05, 4.69) is 34.6 Å². The van der Waals surface area contributed by atoms with Crippen LogP contribution >= 0.6 is 11.3 Å².